The first-order valence-corrected chi connectivity index (χ1v) is 9.29. The monoisotopic (exact) mass is 367 g/mol. The molecule has 0 aliphatic carbocycles. The number of para-hydroxylation sites is 1. The quantitative estimate of drug-likeness (QED) is 0.753. The Hall–Kier alpha value is -2.86. The number of nitrogens with one attached hydrogen (secondary N) is 2. The number of anilines is 2. The Morgan fingerprint density at radius 3 is 2.63 bits per heavy atom. The molecule has 1 heterocycles. The minimum atomic E-state index is -0.210. The maximum Gasteiger partial charge on any atom is 0.262 e. The SMILES string of the molecule is CCNCc1ccccc1NC(=O)COc1ccc(N2CCCC2=O)cc1. The standard InChI is InChI=1S/C21H25N3O3/c1-2-22-14-16-6-3-4-7-19(16)23-20(25)15-27-18-11-9-17(10-12-18)24-13-5-8-21(24)26/h3-4,6-7,9-12,22H,2,5,8,13-15H2,1H3,(H,23,25). The molecule has 0 bridgehead atoms. The van der Waals surface area contributed by atoms with Crippen LogP contribution < -0.4 is 20.3 Å². The maximum absolute atomic E-state index is 12.2. The fourth-order valence-electron chi connectivity index (χ4n) is 3.03. The normalized spacial score (nSPS) is 13.7. The second-order valence-corrected chi connectivity index (χ2v) is 6.42. The lowest BCUT2D eigenvalue weighted by atomic mass is 10.1. The fourth-order valence-corrected chi connectivity index (χ4v) is 3.03. The molecule has 3 rings (SSSR count). The number of benzene rings is 2. The van der Waals surface area contributed by atoms with Crippen molar-refractivity contribution in [2.45, 2.75) is 26.3 Å². The fraction of sp³-hybridized carbons (Fsp3) is 0.333. The van der Waals surface area contributed by atoms with Crippen LogP contribution in [0, 0.1) is 0 Å². The Morgan fingerprint density at radius 1 is 1.15 bits per heavy atom. The zero-order valence-corrected chi connectivity index (χ0v) is 15.5. The summed E-state index contributed by atoms with van der Waals surface area (Å²) in [5, 5.41) is 6.15. The van der Waals surface area contributed by atoms with Crippen molar-refractivity contribution < 1.29 is 14.3 Å². The van der Waals surface area contributed by atoms with E-state index in [1.54, 1.807) is 17.0 Å². The highest BCUT2D eigenvalue weighted by atomic mass is 16.5. The van der Waals surface area contributed by atoms with Gasteiger partial charge in [-0.3, -0.25) is 9.59 Å². The van der Waals surface area contributed by atoms with Crippen LogP contribution >= 0.6 is 0 Å². The van der Waals surface area contributed by atoms with Gasteiger partial charge in [-0.1, -0.05) is 25.1 Å². The van der Waals surface area contributed by atoms with E-state index in [9.17, 15) is 9.59 Å². The van der Waals surface area contributed by atoms with Gasteiger partial charge in [0, 0.05) is 30.9 Å². The second kappa shape index (κ2) is 9.19. The van der Waals surface area contributed by atoms with E-state index in [2.05, 4.69) is 10.6 Å². The molecule has 0 atom stereocenters. The van der Waals surface area contributed by atoms with Crippen LogP contribution in [0.3, 0.4) is 0 Å². The summed E-state index contributed by atoms with van der Waals surface area (Å²) >= 11 is 0. The van der Waals surface area contributed by atoms with Crippen LogP contribution in [0.5, 0.6) is 5.75 Å². The highest BCUT2D eigenvalue weighted by molar-refractivity contribution is 5.95. The zero-order chi connectivity index (χ0) is 19.1. The maximum atomic E-state index is 12.2. The first-order valence-electron chi connectivity index (χ1n) is 9.29. The molecule has 0 radical (unpaired) electrons. The summed E-state index contributed by atoms with van der Waals surface area (Å²) in [7, 11) is 0. The summed E-state index contributed by atoms with van der Waals surface area (Å²) in [5.41, 5.74) is 2.69. The largest absolute Gasteiger partial charge is 0.484 e. The van der Waals surface area contributed by atoms with Gasteiger partial charge in [-0.15, -0.1) is 0 Å². The number of amides is 2. The Kier molecular flexibility index (Phi) is 6.44. The van der Waals surface area contributed by atoms with Crippen LogP contribution in [0.25, 0.3) is 0 Å². The smallest absolute Gasteiger partial charge is 0.262 e. The Labute approximate surface area is 159 Å². The molecule has 6 heteroatoms. The average molecular weight is 367 g/mol. The molecule has 1 aliphatic heterocycles. The predicted octanol–water partition coefficient (Wildman–Crippen LogP) is 2.94. The first kappa shape index (κ1) is 18.9. The van der Waals surface area contributed by atoms with Gasteiger partial charge in [0.1, 0.15) is 5.75 Å². The third-order valence-electron chi connectivity index (χ3n) is 4.45. The van der Waals surface area contributed by atoms with E-state index in [1.807, 2.05) is 43.3 Å². The van der Waals surface area contributed by atoms with Crippen molar-refractivity contribution in [1.29, 1.82) is 0 Å². The predicted molar refractivity (Wildman–Crippen MR) is 106 cm³/mol. The zero-order valence-electron chi connectivity index (χ0n) is 15.5. The molecule has 0 spiro atoms. The molecule has 6 nitrogen and oxygen atoms in total. The molecule has 0 aromatic heterocycles. The van der Waals surface area contributed by atoms with E-state index < -0.39 is 0 Å². The van der Waals surface area contributed by atoms with E-state index >= 15 is 0 Å². The molecular weight excluding hydrogens is 342 g/mol. The van der Waals surface area contributed by atoms with Gasteiger partial charge in [0.2, 0.25) is 5.91 Å². The summed E-state index contributed by atoms with van der Waals surface area (Å²) in [6, 6.07) is 15.0. The minimum Gasteiger partial charge on any atom is -0.484 e. The molecule has 142 valence electrons. The third kappa shape index (κ3) is 5.08. The van der Waals surface area contributed by atoms with Crippen molar-refractivity contribution in [3.05, 3.63) is 54.1 Å². The number of hydrogen-bond donors (Lipinski definition) is 2. The van der Waals surface area contributed by atoms with Crippen LogP contribution in [-0.4, -0.2) is 31.5 Å². The molecule has 1 fully saturated rings. The summed E-state index contributed by atoms with van der Waals surface area (Å²) in [6.45, 7) is 4.29. The molecule has 0 saturated carbocycles. The van der Waals surface area contributed by atoms with Gasteiger partial charge >= 0.3 is 0 Å². The van der Waals surface area contributed by atoms with Gasteiger partial charge in [-0.05, 0) is 48.9 Å². The van der Waals surface area contributed by atoms with Gasteiger partial charge in [-0.25, -0.2) is 0 Å². The van der Waals surface area contributed by atoms with Crippen LogP contribution in [0.15, 0.2) is 48.5 Å². The number of hydrogen-bond acceptors (Lipinski definition) is 4. The van der Waals surface area contributed by atoms with Crippen LogP contribution in [-0.2, 0) is 16.1 Å². The molecule has 27 heavy (non-hydrogen) atoms. The Bertz CT molecular complexity index is 790. The summed E-state index contributed by atoms with van der Waals surface area (Å²) in [4.78, 5) is 25.8. The van der Waals surface area contributed by atoms with Gasteiger partial charge in [0.15, 0.2) is 6.61 Å². The highest BCUT2D eigenvalue weighted by Gasteiger charge is 2.21. The molecule has 2 N–H and O–H groups in total. The lowest BCUT2D eigenvalue weighted by molar-refractivity contribution is -0.118. The van der Waals surface area contributed by atoms with Crippen LogP contribution in [0.2, 0.25) is 0 Å². The molecule has 2 aromatic rings. The molecule has 2 aromatic carbocycles. The van der Waals surface area contributed by atoms with Gasteiger partial charge in [0.25, 0.3) is 5.91 Å². The molecule has 1 saturated heterocycles. The van der Waals surface area contributed by atoms with Gasteiger partial charge < -0.3 is 20.3 Å². The van der Waals surface area contributed by atoms with Crippen molar-refractivity contribution in [2.75, 3.05) is 29.9 Å². The van der Waals surface area contributed by atoms with E-state index in [4.69, 9.17) is 4.74 Å². The number of carbonyl (C=O) groups is 2. The van der Waals surface area contributed by atoms with Crippen molar-refractivity contribution in [2.24, 2.45) is 0 Å². The molecular formula is C21H25N3O3. The van der Waals surface area contributed by atoms with Crippen molar-refractivity contribution in [3.63, 3.8) is 0 Å². The highest BCUT2D eigenvalue weighted by Crippen LogP contribution is 2.24. The van der Waals surface area contributed by atoms with E-state index in [1.165, 1.54) is 0 Å². The molecule has 0 unspecified atom stereocenters. The van der Waals surface area contributed by atoms with E-state index in [0.29, 0.717) is 18.7 Å². The van der Waals surface area contributed by atoms with Crippen molar-refractivity contribution >= 4 is 23.2 Å². The minimum absolute atomic E-state index is 0.0719. The number of carbonyl (C=O) groups excluding carboxylic acids is 2. The molecule has 1 aliphatic rings. The average Bonchev–Trinajstić information content (AvgIpc) is 3.12. The van der Waals surface area contributed by atoms with Gasteiger partial charge in [0.05, 0.1) is 0 Å². The number of nitrogens with zero attached hydrogens (tertiary/aromatic N) is 1. The van der Waals surface area contributed by atoms with E-state index in [-0.39, 0.29) is 18.4 Å². The third-order valence-corrected chi connectivity index (χ3v) is 4.45. The summed E-state index contributed by atoms with van der Waals surface area (Å²) < 4.78 is 5.57. The van der Waals surface area contributed by atoms with Gasteiger partial charge in [-0.2, -0.15) is 0 Å². The number of ether oxygens (including phenoxy) is 1. The lowest BCUT2D eigenvalue weighted by Gasteiger charge is -2.16. The molecule has 2 amide bonds. The Balaban J connectivity index is 1.53. The topological polar surface area (TPSA) is 70.7 Å². The summed E-state index contributed by atoms with van der Waals surface area (Å²) in [5.74, 6) is 0.540. The number of rotatable bonds is 8. The van der Waals surface area contributed by atoms with Crippen molar-refractivity contribution in [3.8, 4) is 5.75 Å². The van der Waals surface area contributed by atoms with Crippen molar-refractivity contribution in [1.82, 2.24) is 5.32 Å². The van der Waals surface area contributed by atoms with Crippen LogP contribution in [0.1, 0.15) is 25.3 Å². The lowest BCUT2D eigenvalue weighted by Crippen LogP contribution is -2.23. The van der Waals surface area contributed by atoms with Crippen LogP contribution in [0.4, 0.5) is 11.4 Å². The first-order chi connectivity index (χ1) is 13.2. The second-order valence-electron chi connectivity index (χ2n) is 6.42. The summed E-state index contributed by atoms with van der Waals surface area (Å²) in [6.07, 6.45) is 1.50. The van der Waals surface area contributed by atoms with E-state index in [0.717, 1.165) is 36.4 Å². The Morgan fingerprint density at radius 2 is 1.93 bits per heavy atom.